The van der Waals surface area contributed by atoms with Gasteiger partial charge in [0.15, 0.2) is 0 Å². The van der Waals surface area contributed by atoms with E-state index in [1.807, 2.05) is 0 Å². The summed E-state index contributed by atoms with van der Waals surface area (Å²) in [6, 6.07) is 3.04. The van der Waals surface area contributed by atoms with Crippen molar-refractivity contribution in [2.75, 3.05) is 5.73 Å². The smallest absolute Gasteiger partial charge is 0.339 e. The fourth-order valence-electron chi connectivity index (χ4n) is 1.91. The fourth-order valence-corrected chi connectivity index (χ4v) is 2.69. The normalized spacial score (nSPS) is 11.5. The Morgan fingerprint density at radius 2 is 2.05 bits per heavy atom. The molecule has 0 saturated carbocycles. The number of anilines is 1. The van der Waals surface area contributed by atoms with Gasteiger partial charge in [-0.3, -0.25) is 0 Å². The third kappa shape index (κ3) is 2.36. The zero-order valence-corrected chi connectivity index (χ0v) is 11.3. The number of pyridine rings is 1. The van der Waals surface area contributed by atoms with Crippen molar-refractivity contribution in [1.29, 1.82) is 0 Å². The van der Waals surface area contributed by atoms with E-state index in [-0.39, 0.29) is 17.1 Å². The molecule has 2 aromatic heterocycles. The standard InChI is InChI=1S/C11H12N4O4S/c1-15-5-7(20(13,18)19)9(11(16)17)10(15)6-2-3-8(12)14-4-6/h2-5H,1H3,(H2,12,14)(H,16,17)(H2,13,18,19). The lowest BCUT2D eigenvalue weighted by Crippen LogP contribution is -2.15. The largest absolute Gasteiger partial charge is 0.478 e. The Hall–Kier alpha value is -2.39. The quantitative estimate of drug-likeness (QED) is 0.728. The van der Waals surface area contributed by atoms with Gasteiger partial charge in [-0.25, -0.2) is 23.3 Å². The van der Waals surface area contributed by atoms with Crippen LogP contribution in [0.3, 0.4) is 0 Å². The molecular weight excluding hydrogens is 284 g/mol. The molecule has 2 aromatic rings. The SMILES string of the molecule is Cn1cc(S(N)(=O)=O)c(C(=O)O)c1-c1ccc(N)nc1. The van der Waals surface area contributed by atoms with Crippen molar-refractivity contribution >= 4 is 21.8 Å². The summed E-state index contributed by atoms with van der Waals surface area (Å²) < 4.78 is 24.3. The average molecular weight is 296 g/mol. The topological polar surface area (TPSA) is 141 Å². The molecule has 5 N–H and O–H groups in total. The van der Waals surface area contributed by atoms with Crippen LogP contribution < -0.4 is 10.9 Å². The molecule has 0 radical (unpaired) electrons. The number of hydrogen-bond donors (Lipinski definition) is 3. The van der Waals surface area contributed by atoms with E-state index in [1.54, 1.807) is 6.07 Å². The second kappa shape index (κ2) is 4.62. The minimum atomic E-state index is -4.14. The van der Waals surface area contributed by atoms with Crippen LogP contribution >= 0.6 is 0 Å². The van der Waals surface area contributed by atoms with Crippen LogP contribution in [0.5, 0.6) is 0 Å². The lowest BCUT2D eigenvalue weighted by molar-refractivity contribution is 0.0694. The highest BCUT2D eigenvalue weighted by atomic mass is 32.2. The Labute approximate surface area is 114 Å². The van der Waals surface area contributed by atoms with Crippen molar-refractivity contribution in [3.63, 3.8) is 0 Å². The predicted octanol–water partition coefficient (Wildman–Crippen LogP) is 0.0149. The number of nitrogen functional groups attached to an aromatic ring is 1. The molecule has 2 heterocycles. The number of carbonyl (C=O) groups is 1. The molecule has 0 bridgehead atoms. The van der Waals surface area contributed by atoms with Gasteiger partial charge < -0.3 is 15.4 Å². The maximum atomic E-state index is 11.5. The summed E-state index contributed by atoms with van der Waals surface area (Å²) >= 11 is 0. The van der Waals surface area contributed by atoms with Gasteiger partial charge in [-0.15, -0.1) is 0 Å². The van der Waals surface area contributed by atoms with E-state index in [2.05, 4.69) is 4.98 Å². The van der Waals surface area contributed by atoms with Gasteiger partial charge in [-0.1, -0.05) is 0 Å². The maximum Gasteiger partial charge on any atom is 0.339 e. The summed E-state index contributed by atoms with van der Waals surface area (Å²) in [5.74, 6) is -1.12. The molecule has 9 heteroatoms. The van der Waals surface area contributed by atoms with Crippen LogP contribution in [0.4, 0.5) is 5.82 Å². The second-order valence-corrected chi connectivity index (χ2v) is 5.68. The summed E-state index contributed by atoms with van der Waals surface area (Å²) in [6.07, 6.45) is 2.52. The third-order valence-electron chi connectivity index (χ3n) is 2.73. The summed E-state index contributed by atoms with van der Waals surface area (Å²) in [5.41, 5.74) is 5.69. The second-order valence-electron chi connectivity index (χ2n) is 4.15. The van der Waals surface area contributed by atoms with Crippen LogP contribution in [0, 0.1) is 0 Å². The third-order valence-corrected chi connectivity index (χ3v) is 3.65. The Morgan fingerprint density at radius 3 is 2.50 bits per heavy atom. The Kier molecular flexibility index (Phi) is 3.24. The number of primary sulfonamides is 1. The molecule has 0 saturated heterocycles. The first kappa shape index (κ1) is 14.0. The maximum absolute atomic E-state index is 11.5. The van der Waals surface area contributed by atoms with Gasteiger partial charge in [-0.2, -0.15) is 0 Å². The number of hydrogen-bond acceptors (Lipinski definition) is 5. The number of aryl methyl sites for hydroxylation is 1. The lowest BCUT2D eigenvalue weighted by Gasteiger charge is -2.05. The van der Waals surface area contributed by atoms with Crippen molar-refractivity contribution in [1.82, 2.24) is 9.55 Å². The molecule has 0 atom stereocenters. The molecule has 0 fully saturated rings. The number of aromatic carboxylic acids is 1. The van der Waals surface area contributed by atoms with Gasteiger partial charge in [0.1, 0.15) is 16.3 Å². The van der Waals surface area contributed by atoms with Crippen LogP contribution in [0.15, 0.2) is 29.4 Å². The molecule has 0 aromatic carbocycles. The van der Waals surface area contributed by atoms with Gasteiger partial charge in [0.05, 0.1) is 5.69 Å². The Bertz CT molecular complexity index is 777. The Balaban J connectivity index is 2.80. The number of carboxylic acid groups (broad SMARTS) is 1. The van der Waals surface area contributed by atoms with Crippen LogP contribution in [-0.2, 0) is 17.1 Å². The van der Waals surface area contributed by atoms with Crippen molar-refractivity contribution in [3.05, 3.63) is 30.1 Å². The highest BCUT2D eigenvalue weighted by Crippen LogP contribution is 2.29. The number of rotatable bonds is 3. The summed E-state index contributed by atoms with van der Waals surface area (Å²) in [4.78, 5) is 14.8. The molecule has 0 spiro atoms. The average Bonchev–Trinajstić information content (AvgIpc) is 2.68. The monoisotopic (exact) mass is 296 g/mol. The molecule has 106 valence electrons. The van der Waals surface area contributed by atoms with Crippen LogP contribution in [0.1, 0.15) is 10.4 Å². The first-order valence-electron chi connectivity index (χ1n) is 5.39. The predicted molar refractivity (Wildman–Crippen MR) is 71.4 cm³/mol. The molecule has 0 aliphatic rings. The van der Waals surface area contributed by atoms with Gasteiger partial charge in [0, 0.05) is 25.0 Å². The summed E-state index contributed by atoms with van der Waals surface area (Å²) in [6.45, 7) is 0. The number of nitrogens with zero attached hydrogens (tertiary/aromatic N) is 2. The van der Waals surface area contributed by atoms with Crippen molar-refractivity contribution in [2.45, 2.75) is 4.90 Å². The molecule has 0 aliphatic heterocycles. The Morgan fingerprint density at radius 1 is 1.40 bits per heavy atom. The van der Waals surface area contributed by atoms with E-state index in [4.69, 9.17) is 10.9 Å². The van der Waals surface area contributed by atoms with Crippen LogP contribution in [0.2, 0.25) is 0 Å². The van der Waals surface area contributed by atoms with Crippen LogP contribution in [-0.4, -0.2) is 29.0 Å². The number of carboxylic acids is 1. The highest BCUT2D eigenvalue weighted by Gasteiger charge is 2.27. The summed E-state index contributed by atoms with van der Waals surface area (Å²) in [7, 11) is -2.62. The first-order chi connectivity index (χ1) is 9.21. The first-order valence-corrected chi connectivity index (χ1v) is 6.93. The van der Waals surface area contributed by atoms with E-state index < -0.39 is 20.9 Å². The number of nitrogens with two attached hydrogens (primary N) is 2. The number of sulfonamides is 1. The van der Waals surface area contributed by atoms with Gasteiger partial charge in [-0.05, 0) is 12.1 Å². The molecule has 0 unspecified atom stereocenters. The van der Waals surface area contributed by atoms with E-state index in [9.17, 15) is 18.3 Å². The minimum Gasteiger partial charge on any atom is -0.478 e. The molecule has 2 rings (SSSR count). The summed E-state index contributed by atoms with van der Waals surface area (Å²) in [5, 5.41) is 14.3. The van der Waals surface area contributed by atoms with Crippen molar-refractivity contribution in [2.24, 2.45) is 12.2 Å². The zero-order valence-electron chi connectivity index (χ0n) is 10.4. The van der Waals surface area contributed by atoms with Gasteiger partial charge in [0.2, 0.25) is 10.0 Å². The molecule has 0 aliphatic carbocycles. The lowest BCUT2D eigenvalue weighted by atomic mass is 10.1. The van der Waals surface area contributed by atoms with E-state index in [1.165, 1.54) is 23.9 Å². The zero-order chi connectivity index (χ0) is 15.1. The van der Waals surface area contributed by atoms with E-state index >= 15 is 0 Å². The molecular formula is C11H12N4O4S. The molecule has 8 nitrogen and oxygen atoms in total. The minimum absolute atomic E-state index is 0.189. The van der Waals surface area contributed by atoms with E-state index in [0.29, 0.717) is 5.56 Å². The van der Waals surface area contributed by atoms with Gasteiger partial charge in [0.25, 0.3) is 0 Å². The molecule has 0 amide bonds. The van der Waals surface area contributed by atoms with E-state index in [0.717, 1.165) is 6.20 Å². The number of aromatic nitrogens is 2. The highest BCUT2D eigenvalue weighted by molar-refractivity contribution is 7.89. The van der Waals surface area contributed by atoms with Crippen LogP contribution in [0.25, 0.3) is 11.3 Å². The van der Waals surface area contributed by atoms with Gasteiger partial charge >= 0.3 is 5.97 Å². The fraction of sp³-hybridized carbons (Fsp3) is 0.0909. The molecule has 20 heavy (non-hydrogen) atoms. The van der Waals surface area contributed by atoms with Crippen molar-refractivity contribution in [3.8, 4) is 11.3 Å². The van der Waals surface area contributed by atoms with Crippen molar-refractivity contribution < 1.29 is 18.3 Å².